The third-order valence-electron chi connectivity index (χ3n) is 2.46. The van der Waals surface area contributed by atoms with Crippen LogP contribution in [0.1, 0.15) is 25.7 Å². The van der Waals surface area contributed by atoms with Crippen LogP contribution in [0.2, 0.25) is 0 Å². The first-order valence-corrected chi connectivity index (χ1v) is 6.62. The van der Waals surface area contributed by atoms with Gasteiger partial charge < -0.3 is 20.2 Å². The summed E-state index contributed by atoms with van der Waals surface area (Å²) in [5.41, 5.74) is 0. The SMILES string of the molecule is O=P(O)(O)OC1CCCC(NCCO)C1. The molecule has 7 heteroatoms. The summed E-state index contributed by atoms with van der Waals surface area (Å²) in [7, 11) is -4.36. The van der Waals surface area contributed by atoms with E-state index in [0.29, 0.717) is 19.4 Å². The highest BCUT2D eigenvalue weighted by Gasteiger charge is 2.27. The third kappa shape index (κ3) is 5.61. The smallest absolute Gasteiger partial charge is 0.395 e. The molecule has 1 fully saturated rings. The van der Waals surface area contributed by atoms with Crippen molar-refractivity contribution >= 4 is 7.82 Å². The third-order valence-corrected chi connectivity index (χ3v) is 3.03. The van der Waals surface area contributed by atoms with Crippen molar-refractivity contribution in [2.75, 3.05) is 13.2 Å². The highest BCUT2D eigenvalue weighted by atomic mass is 31.2. The molecule has 6 nitrogen and oxygen atoms in total. The van der Waals surface area contributed by atoms with Crippen LogP contribution in [-0.4, -0.2) is 40.2 Å². The zero-order valence-electron chi connectivity index (χ0n) is 8.50. The van der Waals surface area contributed by atoms with Gasteiger partial charge in [0.1, 0.15) is 0 Å². The first-order valence-electron chi connectivity index (χ1n) is 5.09. The Morgan fingerprint density at radius 3 is 2.73 bits per heavy atom. The molecule has 0 aliphatic heterocycles. The fourth-order valence-electron chi connectivity index (χ4n) is 1.89. The molecule has 1 aliphatic rings. The Labute approximate surface area is 88.9 Å². The van der Waals surface area contributed by atoms with Crippen molar-refractivity contribution in [3.63, 3.8) is 0 Å². The van der Waals surface area contributed by atoms with Crippen molar-refractivity contribution in [1.82, 2.24) is 5.32 Å². The molecule has 2 atom stereocenters. The summed E-state index contributed by atoms with van der Waals surface area (Å²) in [4.78, 5) is 17.3. The zero-order chi connectivity index (χ0) is 11.3. The van der Waals surface area contributed by atoms with Gasteiger partial charge in [0, 0.05) is 12.6 Å². The number of aliphatic hydroxyl groups excluding tert-OH is 1. The van der Waals surface area contributed by atoms with Gasteiger partial charge in [0.25, 0.3) is 0 Å². The summed E-state index contributed by atoms with van der Waals surface area (Å²) in [6.45, 7) is 0.577. The molecule has 0 aromatic heterocycles. The van der Waals surface area contributed by atoms with Crippen LogP contribution in [0.25, 0.3) is 0 Å². The molecule has 1 rings (SSSR count). The maximum atomic E-state index is 10.6. The van der Waals surface area contributed by atoms with Gasteiger partial charge in [-0.3, -0.25) is 4.52 Å². The normalized spacial score (nSPS) is 27.9. The molecule has 15 heavy (non-hydrogen) atoms. The molecule has 0 heterocycles. The lowest BCUT2D eigenvalue weighted by atomic mass is 9.93. The maximum Gasteiger partial charge on any atom is 0.469 e. The van der Waals surface area contributed by atoms with E-state index in [1.54, 1.807) is 0 Å². The van der Waals surface area contributed by atoms with E-state index in [2.05, 4.69) is 9.84 Å². The largest absolute Gasteiger partial charge is 0.469 e. The number of aliphatic hydroxyl groups is 1. The molecule has 0 amide bonds. The van der Waals surface area contributed by atoms with E-state index in [1.807, 2.05) is 0 Å². The monoisotopic (exact) mass is 239 g/mol. The first-order chi connectivity index (χ1) is 7.01. The number of hydrogen-bond donors (Lipinski definition) is 4. The van der Waals surface area contributed by atoms with E-state index < -0.39 is 7.82 Å². The number of hydrogen-bond acceptors (Lipinski definition) is 4. The summed E-state index contributed by atoms with van der Waals surface area (Å²) in [6.07, 6.45) is 2.73. The van der Waals surface area contributed by atoms with Crippen molar-refractivity contribution < 1.29 is 24.0 Å². The van der Waals surface area contributed by atoms with Crippen LogP contribution in [0.15, 0.2) is 0 Å². The van der Waals surface area contributed by atoms with Crippen LogP contribution in [0.3, 0.4) is 0 Å². The van der Waals surface area contributed by atoms with Crippen LogP contribution in [0, 0.1) is 0 Å². The predicted octanol–water partition coefficient (Wildman–Crippen LogP) is -0.0112. The highest BCUT2D eigenvalue weighted by molar-refractivity contribution is 7.46. The van der Waals surface area contributed by atoms with Gasteiger partial charge in [0.05, 0.1) is 12.7 Å². The number of nitrogens with one attached hydrogen (secondary N) is 1. The van der Waals surface area contributed by atoms with Gasteiger partial charge in [-0.2, -0.15) is 0 Å². The fraction of sp³-hybridized carbons (Fsp3) is 1.00. The van der Waals surface area contributed by atoms with E-state index in [9.17, 15) is 4.57 Å². The molecule has 90 valence electrons. The molecule has 1 saturated carbocycles. The zero-order valence-corrected chi connectivity index (χ0v) is 9.40. The van der Waals surface area contributed by atoms with Crippen molar-refractivity contribution in [3.05, 3.63) is 0 Å². The van der Waals surface area contributed by atoms with Gasteiger partial charge in [-0.1, -0.05) is 0 Å². The van der Waals surface area contributed by atoms with Gasteiger partial charge >= 0.3 is 7.82 Å². The Balaban J connectivity index is 2.32. The van der Waals surface area contributed by atoms with Gasteiger partial charge in [0.15, 0.2) is 0 Å². The van der Waals surface area contributed by atoms with Gasteiger partial charge in [-0.05, 0) is 25.7 Å². The Morgan fingerprint density at radius 2 is 2.13 bits per heavy atom. The molecule has 1 aliphatic carbocycles. The lowest BCUT2D eigenvalue weighted by Crippen LogP contribution is -2.38. The van der Waals surface area contributed by atoms with Gasteiger partial charge in [0.2, 0.25) is 0 Å². The topological polar surface area (TPSA) is 99.0 Å². The number of phosphoric ester groups is 1. The van der Waals surface area contributed by atoms with E-state index in [4.69, 9.17) is 14.9 Å². The van der Waals surface area contributed by atoms with E-state index >= 15 is 0 Å². The van der Waals surface area contributed by atoms with Gasteiger partial charge in [-0.15, -0.1) is 0 Å². The summed E-state index contributed by atoms with van der Waals surface area (Å²) in [6, 6.07) is 0.183. The molecule has 0 radical (unpaired) electrons. The van der Waals surface area contributed by atoms with E-state index in [-0.39, 0.29) is 18.8 Å². The lowest BCUT2D eigenvalue weighted by Gasteiger charge is -2.29. The van der Waals surface area contributed by atoms with Crippen molar-refractivity contribution in [3.8, 4) is 0 Å². The Kier molecular flexibility index (Phi) is 5.18. The van der Waals surface area contributed by atoms with Crippen molar-refractivity contribution in [1.29, 1.82) is 0 Å². The molecular weight excluding hydrogens is 221 g/mol. The molecule has 0 spiro atoms. The molecular formula is C8H18NO5P. The second-order valence-electron chi connectivity index (χ2n) is 3.76. The minimum Gasteiger partial charge on any atom is -0.395 e. The minimum absolute atomic E-state index is 0.0700. The summed E-state index contributed by atoms with van der Waals surface area (Å²) in [5, 5.41) is 11.7. The summed E-state index contributed by atoms with van der Waals surface area (Å²) < 4.78 is 15.3. The van der Waals surface area contributed by atoms with Crippen LogP contribution in [0.5, 0.6) is 0 Å². The standard InChI is InChI=1S/C8H18NO5P/c10-5-4-9-7-2-1-3-8(6-7)14-15(11,12)13/h7-10H,1-6H2,(H2,11,12,13). The molecule has 0 saturated heterocycles. The quantitative estimate of drug-likeness (QED) is 0.503. The second kappa shape index (κ2) is 5.94. The van der Waals surface area contributed by atoms with Crippen molar-refractivity contribution in [2.45, 2.75) is 37.8 Å². The Bertz CT molecular complexity index is 231. The maximum absolute atomic E-state index is 10.6. The van der Waals surface area contributed by atoms with Crippen LogP contribution >= 0.6 is 7.82 Å². The van der Waals surface area contributed by atoms with Crippen LogP contribution in [0.4, 0.5) is 0 Å². The number of rotatable bonds is 5. The molecule has 0 aromatic rings. The Hall–Kier alpha value is 0.0300. The number of phosphoric acid groups is 1. The van der Waals surface area contributed by atoms with E-state index in [0.717, 1.165) is 12.8 Å². The molecule has 0 bridgehead atoms. The second-order valence-corrected chi connectivity index (χ2v) is 4.95. The predicted molar refractivity (Wildman–Crippen MR) is 54.3 cm³/mol. The van der Waals surface area contributed by atoms with Crippen molar-refractivity contribution in [2.24, 2.45) is 0 Å². The lowest BCUT2D eigenvalue weighted by molar-refractivity contribution is 0.0909. The Morgan fingerprint density at radius 1 is 1.40 bits per heavy atom. The highest BCUT2D eigenvalue weighted by Crippen LogP contribution is 2.40. The average Bonchev–Trinajstić information content (AvgIpc) is 2.12. The molecule has 0 aromatic carbocycles. The van der Waals surface area contributed by atoms with E-state index in [1.165, 1.54) is 0 Å². The van der Waals surface area contributed by atoms with Crippen LogP contribution in [-0.2, 0) is 9.09 Å². The first kappa shape index (κ1) is 13.1. The average molecular weight is 239 g/mol. The fourth-order valence-corrected chi connectivity index (χ4v) is 2.47. The minimum atomic E-state index is -4.36. The van der Waals surface area contributed by atoms with Gasteiger partial charge in [-0.25, -0.2) is 4.57 Å². The summed E-state index contributed by atoms with van der Waals surface area (Å²) in [5.74, 6) is 0. The molecule has 4 N–H and O–H groups in total. The summed E-state index contributed by atoms with van der Waals surface area (Å²) >= 11 is 0. The van der Waals surface area contributed by atoms with Crippen LogP contribution < -0.4 is 5.32 Å². The molecule has 2 unspecified atom stereocenters.